The first kappa shape index (κ1) is 14.0. The summed E-state index contributed by atoms with van der Waals surface area (Å²) >= 11 is 0. The van der Waals surface area contributed by atoms with E-state index in [-0.39, 0.29) is 5.75 Å². The average molecular weight is 280 g/mol. The predicted molar refractivity (Wildman–Crippen MR) is 72.3 cm³/mol. The van der Waals surface area contributed by atoms with E-state index in [0.29, 0.717) is 28.7 Å². The van der Waals surface area contributed by atoms with Crippen molar-refractivity contribution in [1.82, 2.24) is 9.97 Å². The molecule has 0 radical (unpaired) electrons. The second-order valence-corrected chi connectivity index (χ2v) is 4.13. The number of anilines is 3. The lowest BCUT2D eigenvalue weighted by molar-refractivity contribution is -0.0493. The van der Waals surface area contributed by atoms with Gasteiger partial charge in [0.2, 0.25) is 0 Å². The Morgan fingerprint density at radius 2 is 1.90 bits per heavy atom. The summed E-state index contributed by atoms with van der Waals surface area (Å²) < 4.78 is 29.1. The fourth-order valence-corrected chi connectivity index (χ4v) is 1.67. The molecular weight excluding hydrogens is 266 g/mol. The van der Waals surface area contributed by atoms with Gasteiger partial charge in [-0.1, -0.05) is 12.1 Å². The quantitative estimate of drug-likeness (QED) is 0.900. The third-order valence-corrected chi connectivity index (χ3v) is 2.65. The van der Waals surface area contributed by atoms with Crippen LogP contribution in [0.1, 0.15) is 11.4 Å². The first-order valence-electron chi connectivity index (χ1n) is 5.89. The summed E-state index contributed by atoms with van der Waals surface area (Å²) in [6, 6.07) is 6.37. The number of alkyl halides is 2. The number of aromatic nitrogens is 2. The minimum absolute atomic E-state index is 0.0386. The molecule has 0 atom stereocenters. The Balaban J connectivity index is 2.35. The highest BCUT2D eigenvalue weighted by Gasteiger charge is 2.12. The van der Waals surface area contributed by atoms with Gasteiger partial charge in [-0.05, 0) is 26.0 Å². The van der Waals surface area contributed by atoms with E-state index in [1.54, 1.807) is 32.0 Å². The van der Waals surface area contributed by atoms with Crippen LogP contribution in [-0.2, 0) is 0 Å². The summed E-state index contributed by atoms with van der Waals surface area (Å²) in [6.07, 6.45) is 0. The standard InChI is InChI=1S/C13H14F2N4O/c1-7-11(16)17-8(2)18-12(7)19-9-5-3-4-6-10(9)20-13(14)15/h3-6,13H,1-2H3,(H3,16,17,18,19). The Morgan fingerprint density at radius 1 is 1.20 bits per heavy atom. The van der Waals surface area contributed by atoms with Crippen LogP contribution in [0.15, 0.2) is 24.3 Å². The van der Waals surface area contributed by atoms with Gasteiger partial charge in [-0.2, -0.15) is 8.78 Å². The highest BCUT2D eigenvalue weighted by molar-refractivity contribution is 5.68. The number of hydrogen-bond acceptors (Lipinski definition) is 5. The van der Waals surface area contributed by atoms with Crippen molar-refractivity contribution in [2.75, 3.05) is 11.1 Å². The number of rotatable bonds is 4. The maximum absolute atomic E-state index is 12.4. The summed E-state index contributed by atoms with van der Waals surface area (Å²) in [5.74, 6) is 1.33. The third-order valence-electron chi connectivity index (χ3n) is 2.65. The summed E-state index contributed by atoms with van der Waals surface area (Å²) in [7, 11) is 0. The zero-order valence-corrected chi connectivity index (χ0v) is 11.0. The van der Waals surface area contributed by atoms with E-state index in [0.717, 1.165) is 0 Å². The molecule has 7 heteroatoms. The summed E-state index contributed by atoms with van der Waals surface area (Å²) in [4.78, 5) is 8.23. The topological polar surface area (TPSA) is 73.1 Å². The number of nitrogens with zero attached hydrogens (tertiary/aromatic N) is 2. The molecule has 0 saturated heterocycles. The zero-order valence-electron chi connectivity index (χ0n) is 11.0. The molecule has 0 unspecified atom stereocenters. The number of nitrogen functional groups attached to an aromatic ring is 1. The molecule has 3 N–H and O–H groups in total. The van der Waals surface area contributed by atoms with Crippen LogP contribution in [0.2, 0.25) is 0 Å². The van der Waals surface area contributed by atoms with Gasteiger partial charge in [-0.25, -0.2) is 9.97 Å². The summed E-state index contributed by atoms with van der Waals surface area (Å²) in [5, 5.41) is 2.94. The van der Waals surface area contributed by atoms with Crippen LogP contribution in [0.5, 0.6) is 5.75 Å². The molecule has 5 nitrogen and oxygen atoms in total. The zero-order chi connectivity index (χ0) is 14.7. The van der Waals surface area contributed by atoms with Gasteiger partial charge in [0.15, 0.2) is 0 Å². The number of nitrogens with two attached hydrogens (primary N) is 1. The van der Waals surface area contributed by atoms with Crippen molar-refractivity contribution in [2.45, 2.75) is 20.5 Å². The maximum Gasteiger partial charge on any atom is 0.387 e. The largest absolute Gasteiger partial charge is 0.433 e. The predicted octanol–water partition coefficient (Wildman–Crippen LogP) is 3.02. The van der Waals surface area contributed by atoms with E-state index < -0.39 is 6.61 Å². The van der Waals surface area contributed by atoms with Crippen LogP contribution < -0.4 is 15.8 Å². The SMILES string of the molecule is Cc1nc(N)c(C)c(Nc2ccccc2OC(F)F)n1. The minimum atomic E-state index is -2.89. The molecule has 0 fully saturated rings. The van der Waals surface area contributed by atoms with Crippen LogP contribution >= 0.6 is 0 Å². The Hall–Kier alpha value is -2.44. The normalized spacial score (nSPS) is 10.7. The van der Waals surface area contributed by atoms with Crippen molar-refractivity contribution in [3.63, 3.8) is 0 Å². The van der Waals surface area contributed by atoms with Crippen LogP contribution in [-0.4, -0.2) is 16.6 Å². The highest BCUT2D eigenvalue weighted by Crippen LogP contribution is 2.30. The van der Waals surface area contributed by atoms with E-state index in [1.165, 1.54) is 6.07 Å². The molecule has 0 saturated carbocycles. The highest BCUT2D eigenvalue weighted by atomic mass is 19.3. The van der Waals surface area contributed by atoms with Gasteiger partial charge < -0.3 is 15.8 Å². The van der Waals surface area contributed by atoms with Crippen molar-refractivity contribution >= 4 is 17.3 Å². The van der Waals surface area contributed by atoms with Crippen molar-refractivity contribution in [2.24, 2.45) is 0 Å². The lowest BCUT2D eigenvalue weighted by atomic mass is 10.2. The first-order chi connectivity index (χ1) is 9.47. The number of ether oxygens (including phenoxy) is 1. The van der Waals surface area contributed by atoms with E-state index in [9.17, 15) is 8.78 Å². The van der Waals surface area contributed by atoms with Crippen molar-refractivity contribution in [1.29, 1.82) is 0 Å². The van der Waals surface area contributed by atoms with Gasteiger partial charge >= 0.3 is 6.61 Å². The first-order valence-corrected chi connectivity index (χ1v) is 5.89. The smallest absolute Gasteiger partial charge is 0.387 e. The molecule has 2 rings (SSSR count). The molecule has 0 bridgehead atoms. The van der Waals surface area contributed by atoms with Gasteiger partial charge in [0, 0.05) is 5.56 Å². The van der Waals surface area contributed by atoms with Gasteiger partial charge in [0.05, 0.1) is 5.69 Å². The second kappa shape index (κ2) is 5.68. The van der Waals surface area contributed by atoms with E-state index in [1.807, 2.05) is 0 Å². The fraction of sp³-hybridized carbons (Fsp3) is 0.231. The monoisotopic (exact) mass is 280 g/mol. The Kier molecular flexibility index (Phi) is 3.97. The maximum atomic E-state index is 12.4. The van der Waals surface area contributed by atoms with Gasteiger partial charge in [-0.3, -0.25) is 0 Å². The number of halogens is 2. The lowest BCUT2D eigenvalue weighted by Crippen LogP contribution is -2.07. The van der Waals surface area contributed by atoms with E-state index >= 15 is 0 Å². The van der Waals surface area contributed by atoms with Crippen LogP contribution in [0, 0.1) is 13.8 Å². The number of nitrogens with one attached hydrogen (secondary N) is 1. The molecule has 2 aromatic rings. The second-order valence-electron chi connectivity index (χ2n) is 4.13. The van der Waals surface area contributed by atoms with E-state index in [2.05, 4.69) is 20.0 Å². The average Bonchev–Trinajstić information content (AvgIpc) is 2.37. The molecule has 1 aromatic heterocycles. The van der Waals surface area contributed by atoms with E-state index in [4.69, 9.17) is 5.73 Å². The molecule has 1 heterocycles. The molecule has 0 aliphatic heterocycles. The van der Waals surface area contributed by atoms with Gasteiger partial charge in [-0.15, -0.1) is 0 Å². The fourth-order valence-electron chi connectivity index (χ4n) is 1.67. The van der Waals surface area contributed by atoms with Crippen molar-refractivity contribution < 1.29 is 13.5 Å². The molecule has 0 amide bonds. The molecular formula is C13H14F2N4O. The molecule has 0 aliphatic carbocycles. The summed E-state index contributed by atoms with van der Waals surface area (Å²) in [5.41, 5.74) is 6.78. The molecule has 106 valence electrons. The molecule has 0 spiro atoms. The third kappa shape index (κ3) is 3.11. The van der Waals surface area contributed by atoms with Crippen LogP contribution in [0.4, 0.5) is 26.1 Å². The molecule has 0 aliphatic rings. The Morgan fingerprint density at radius 3 is 2.60 bits per heavy atom. The van der Waals surface area contributed by atoms with Gasteiger partial charge in [0.1, 0.15) is 23.2 Å². The van der Waals surface area contributed by atoms with Crippen LogP contribution in [0.25, 0.3) is 0 Å². The summed E-state index contributed by atoms with van der Waals surface area (Å²) in [6.45, 7) is 0.548. The molecule has 20 heavy (non-hydrogen) atoms. The number of hydrogen-bond donors (Lipinski definition) is 2. The van der Waals surface area contributed by atoms with Crippen LogP contribution in [0.3, 0.4) is 0 Å². The lowest BCUT2D eigenvalue weighted by Gasteiger charge is -2.14. The number of para-hydroxylation sites is 2. The Bertz CT molecular complexity index is 619. The minimum Gasteiger partial charge on any atom is -0.433 e. The Labute approximate surface area is 114 Å². The van der Waals surface area contributed by atoms with Gasteiger partial charge in [0.25, 0.3) is 0 Å². The number of aryl methyl sites for hydroxylation is 1. The van der Waals surface area contributed by atoms with Crippen molar-refractivity contribution in [3.05, 3.63) is 35.7 Å². The molecule has 1 aromatic carbocycles. The number of benzene rings is 1. The van der Waals surface area contributed by atoms with Crippen molar-refractivity contribution in [3.8, 4) is 5.75 Å².